The van der Waals surface area contributed by atoms with E-state index in [9.17, 15) is 9.59 Å². The molecule has 0 aromatic heterocycles. The topological polar surface area (TPSA) is 66.4 Å². The molecule has 0 spiro atoms. The van der Waals surface area contributed by atoms with Crippen molar-refractivity contribution in [2.45, 2.75) is 283 Å². The second kappa shape index (κ2) is 44.3. The fourth-order valence-electron chi connectivity index (χ4n) is 8.38. The zero-order valence-electron chi connectivity index (χ0n) is 37.3. The van der Waals surface area contributed by atoms with E-state index in [2.05, 4.69) is 5.32 Å². The maximum atomic E-state index is 12.0. The second-order valence-corrected chi connectivity index (χ2v) is 17.7. The number of anilines is 1. The van der Waals surface area contributed by atoms with E-state index in [0.717, 1.165) is 24.9 Å². The highest BCUT2D eigenvalue weighted by atomic mass is 16.4. The Hall–Kier alpha value is -1.84. The Bertz CT molecular complexity index is 933. The molecule has 1 aromatic rings. The maximum Gasteiger partial charge on any atom is 0.303 e. The summed E-state index contributed by atoms with van der Waals surface area (Å²) in [6.45, 7) is 0. The summed E-state index contributed by atoms with van der Waals surface area (Å²) in [5.74, 6) is -0.503. The quantitative estimate of drug-likeness (QED) is 0.0648. The molecule has 0 heterocycles. The molecule has 0 radical (unpaired) electrons. The summed E-state index contributed by atoms with van der Waals surface area (Å²) in [6, 6.07) is 9.78. The third-order valence-electron chi connectivity index (χ3n) is 12.1. The predicted octanol–water partition coefficient (Wildman–Crippen LogP) is 17.9. The molecule has 1 rings (SSSR count). The summed E-state index contributed by atoms with van der Waals surface area (Å²) in [5.41, 5.74) is 0.903. The first-order valence-corrected chi connectivity index (χ1v) is 25.2. The number of hydrogen-bond acceptors (Lipinski definition) is 2. The van der Waals surface area contributed by atoms with Crippen molar-refractivity contribution in [3.63, 3.8) is 0 Å². The third kappa shape index (κ3) is 41.8. The lowest BCUT2D eigenvalue weighted by Crippen LogP contribution is -2.10. The molecule has 0 atom stereocenters. The smallest absolute Gasteiger partial charge is 0.303 e. The van der Waals surface area contributed by atoms with Gasteiger partial charge in [-0.3, -0.25) is 9.59 Å². The average Bonchev–Trinajstić information content (AvgIpc) is 3.19. The fraction of sp³-hybridized carbons (Fsp3) is 0.846. The Balaban J connectivity index is 1.62. The highest BCUT2D eigenvalue weighted by molar-refractivity contribution is 5.90. The molecule has 1 aromatic carbocycles. The second-order valence-electron chi connectivity index (χ2n) is 17.7. The molecule has 0 unspecified atom stereocenters. The zero-order chi connectivity index (χ0) is 40.1. The number of amides is 1. The molecule has 0 saturated heterocycles. The van der Waals surface area contributed by atoms with Crippen molar-refractivity contribution in [3.8, 4) is 0 Å². The number of carbonyl (C=O) groups is 2. The lowest BCUT2D eigenvalue weighted by molar-refractivity contribution is -0.137. The first kappa shape index (κ1) is 52.2. The van der Waals surface area contributed by atoms with Crippen molar-refractivity contribution in [1.82, 2.24) is 0 Å². The van der Waals surface area contributed by atoms with Crippen LogP contribution < -0.4 is 5.32 Å². The molecule has 4 nitrogen and oxygen atoms in total. The number of aliphatic carboxylic acids is 1. The van der Waals surface area contributed by atoms with Crippen LogP contribution in [0, 0.1) is 0 Å². The van der Waals surface area contributed by atoms with Crippen molar-refractivity contribution < 1.29 is 14.7 Å². The van der Waals surface area contributed by atoms with Crippen molar-refractivity contribution >= 4 is 17.6 Å². The monoisotopic (exact) mass is 782 g/mol. The van der Waals surface area contributed by atoms with Crippen molar-refractivity contribution in [3.05, 3.63) is 30.3 Å². The summed E-state index contributed by atoms with van der Waals surface area (Å²) in [7, 11) is 0. The molecule has 1 amide bonds. The number of rotatable bonds is 46. The number of benzene rings is 1. The molecule has 2 N–H and O–H groups in total. The predicted molar refractivity (Wildman–Crippen MR) is 246 cm³/mol. The molecule has 4 heteroatoms. The Morgan fingerprint density at radius 2 is 0.500 bits per heavy atom. The van der Waals surface area contributed by atoms with Gasteiger partial charge in [-0.05, 0) is 25.0 Å². The van der Waals surface area contributed by atoms with Gasteiger partial charge in [0.15, 0.2) is 0 Å². The van der Waals surface area contributed by atoms with E-state index in [1.165, 1.54) is 250 Å². The van der Waals surface area contributed by atoms with Crippen LogP contribution in [0.3, 0.4) is 0 Å². The number of hydrogen-bond donors (Lipinski definition) is 2. The van der Waals surface area contributed by atoms with E-state index < -0.39 is 5.97 Å². The van der Waals surface area contributed by atoms with E-state index in [-0.39, 0.29) is 5.91 Å². The van der Waals surface area contributed by atoms with Crippen LogP contribution in [0.15, 0.2) is 30.3 Å². The van der Waals surface area contributed by atoms with Crippen molar-refractivity contribution in [1.29, 1.82) is 0 Å². The van der Waals surface area contributed by atoms with Crippen LogP contribution in [0.4, 0.5) is 5.69 Å². The molecule has 0 aliphatic rings. The maximum absolute atomic E-state index is 12.0. The Labute approximate surface area is 349 Å². The molecular weight excluding hydrogens is 687 g/mol. The molecule has 326 valence electrons. The minimum absolute atomic E-state index is 0.147. The van der Waals surface area contributed by atoms with Crippen LogP contribution in [-0.4, -0.2) is 17.0 Å². The first-order valence-electron chi connectivity index (χ1n) is 25.2. The average molecular weight is 782 g/mol. The lowest BCUT2D eigenvalue weighted by Gasteiger charge is -2.05. The van der Waals surface area contributed by atoms with E-state index in [1.807, 2.05) is 30.3 Å². The van der Waals surface area contributed by atoms with E-state index in [1.54, 1.807) is 0 Å². The highest BCUT2D eigenvalue weighted by Gasteiger charge is 2.03. The van der Waals surface area contributed by atoms with Gasteiger partial charge in [0.05, 0.1) is 0 Å². The minimum atomic E-state index is -0.650. The van der Waals surface area contributed by atoms with E-state index in [0.29, 0.717) is 12.8 Å². The van der Waals surface area contributed by atoms with Crippen LogP contribution in [0.1, 0.15) is 283 Å². The van der Waals surface area contributed by atoms with Crippen LogP contribution in [0.25, 0.3) is 0 Å². The number of carbonyl (C=O) groups excluding carboxylic acids is 1. The number of carboxylic acids is 1. The van der Waals surface area contributed by atoms with Crippen LogP contribution in [0.2, 0.25) is 0 Å². The molecule has 0 aliphatic carbocycles. The van der Waals surface area contributed by atoms with E-state index in [4.69, 9.17) is 5.11 Å². The van der Waals surface area contributed by atoms with Crippen LogP contribution in [0.5, 0.6) is 0 Å². The molecular formula is C52H95NO3. The summed E-state index contributed by atoms with van der Waals surface area (Å²) in [5, 5.41) is 11.6. The number of carboxylic acid groups (broad SMARTS) is 1. The molecule has 0 aliphatic heterocycles. The summed E-state index contributed by atoms with van der Waals surface area (Å²) in [4.78, 5) is 22.5. The summed E-state index contributed by atoms with van der Waals surface area (Å²) >= 11 is 0. The van der Waals surface area contributed by atoms with Gasteiger partial charge in [0.1, 0.15) is 0 Å². The van der Waals surface area contributed by atoms with Gasteiger partial charge in [-0.25, -0.2) is 0 Å². The van der Waals surface area contributed by atoms with Gasteiger partial charge in [0.25, 0.3) is 0 Å². The van der Waals surface area contributed by atoms with Crippen molar-refractivity contribution in [2.75, 3.05) is 5.32 Å². The molecule has 0 fully saturated rings. The minimum Gasteiger partial charge on any atom is -0.481 e. The normalized spacial score (nSPS) is 11.4. The highest BCUT2D eigenvalue weighted by Crippen LogP contribution is 2.18. The van der Waals surface area contributed by atoms with Crippen molar-refractivity contribution in [2.24, 2.45) is 0 Å². The van der Waals surface area contributed by atoms with Gasteiger partial charge >= 0.3 is 5.97 Å². The molecule has 0 saturated carbocycles. The van der Waals surface area contributed by atoms with Gasteiger partial charge in [0, 0.05) is 18.5 Å². The van der Waals surface area contributed by atoms with Gasteiger partial charge < -0.3 is 10.4 Å². The SMILES string of the molecule is O=C(O)CCCCCCCCCCCCCCCCCCCCCCCCCCCCCCCCCCCCCCCCCCCCC(=O)Nc1ccccc1. The van der Waals surface area contributed by atoms with Gasteiger partial charge in [-0.2, -0.15) is 0 Å². The van der Waals surface area contributed by atoms with Gasteiger partial charge in [-0.15, -0.1) is 0 Å². The molecule has 0 bridgehead atoms. The zero-order valence-corrected chi connectivity index (χ0v) is 37.3. The third-order valence-corrected chi connectivity index (χ3v) is 12.1. The van der Waals surface area contributed by atoms with Gasteiger partial charge in [-0.1, -0.05) is 275 Å². The van der Waals surface area contributed by atoms with Crippen LogP contribution in [-0.2, 0) is 9.59 Å². The Kier molecular flexibility index (Phi) is 41.2. The lowest BCUT2D eigenvalue weighted by atomic mass is 10.0. The van der Waals surface area contributed by atoms with Gasteiger partial charge in [0.2, 0.25) is 5.91 Å². The number of unbranched alkanes of at least 4 members (excludes halogenated alkanes) is 41. The number of nitrogens with one attached hydrogen (secondary N) is 1. The Morgan fingerprint density at radius 3 is 0.714 bits per heavy atom. The largest absolute Gasteiger partial charge is 0.481 e. The first-order chi connectivity index (χ1) is 27.7. The standard InChI is InChI=1S/C52H95NO3/c54-51(53-50-46-42-41-43-47-50)48-44-39-37-35-33-31-29-27-25-23-21-19-17-15-13-11-9-7-5-3-1-2-4-6-8-10-12-14-16-18-20-22-24-26-28-30-32-34-36-38-40-45-49-52(55)56/h41-43,46-47H,1-40,44-45,48-49H2,(H,53,54)(H,55,56). The summed E-state index contributed by atoms with van der Waals surface area (Å²) in [6.07, 6.45) is 59.2. The summed E-state index contributed by atoms with van der Waals surface area (Å²) < 4.78 is 0. The van der Waals surface area contributed by atoms with Crippen LogP contribution >= 0.6 is 0 Å². The molecule has 56 heavy (non-hydrogen) atoms. The fourth-order valence-corrected chi connectivity index (χ4v) is 8.38. The number of para-hydroxylation sites is 1. The van der Waals surface area contributed by atoms with E-state index >= 15 is 0 Å². The Morgan fingerprint density at radius 1 is 0.304 bits per heavy atom.